The van der Waals surface area contributed by atoms with E-state index in [4.69, 9.17) is 14.2 Å². The summed E-state index contributed by atoms with van der Waals surface area (Å²) in [6, 6.07) is 30.1. The average Bonchev–Trinajstić information content (AvgIpc) is 2.98. The zero-order valence-corrected chi connectivity index (χ0v) is 22.3. The van der Waals surface area contributed by atoms with E-state index >= 15 is 0 Å². The Bertz CT molecular complexity index is 1580. The van der Waals surface area contributed by atoms with Crippen LogP contribution in [0.5, 0.6) is 23.0 Å². The van der Waals surface area contributed by atoms with E-state index in [0.717, 1.165) is 68.5 Å². The van der Waals surface area contributed by atoms with Crippen molar-refractivity contribution < 1.29 is 14.2 Å². The Labute approximate surface area is 230 Å². The van der Waals surface area contributed by atoms with E-state index in [1.165, 1.54) is 11.1 Å². The molecule has 0 fully saturated rings. The molecular weight excluding hydrogens is 480 g/mol. The molecule has 6 rings (SSSR count). The van der Waals surface area contributed by atoms with Gasteiger partial charge in [-0.15, -0.1) is 0 Å². The van der Waals surface area contributed by atoms with Gasteiger partial charge in [0.05, 0.1) is 0 Å². The van der Waals surface area contributed by atoms with Crippen molar-refractivity contribution in [3.63, 3.8) is 0 Å². The van der Waals surface area contributed by atoms with Crippen LogP contribution in [0.1, 0.15) is 41.5 Å². The van der Waals surface area contributed by atoms with Crippen LogP contribution in [0.2, 0.25) is 0 Å². The highest BCUT2D eigenvalue weighted by atomic mass is 16.5. The number of rotatable bonds is 9. The number of ether oxygens (including phenoxy) is 3. The maximum absolute atomic E-state index is 6.64. The Balaban J connectivity index is 1.62. The largest absolute Gasteiger partial charge is 0.490 e. The van der Waals surface area contributed by atoms with E-state index in [2.05, 4.69) is 92.9 Å². The lowest BCUT2D eigenvalue weighted by molar-refractivity contribution is 0.363. The highest BCUT2D eigenvalue weighted by molar-refractivity contribution is 5.96. The van der Waals surface area contributed by atoms with Gasteiger partial charge in [0.15, 0.2) is 0 Å². The Morgan fingerprint density at radius 2 is 1.21 bits per heavy atom. The van der Waals surface area contributed by atoms with Gasteiger partial charge in [0, 0.05) is 17.0 Å². The second kappa shape index (κ2) is 10.7. The molecule has 5 aromatic rings. The number of benzene rings is 5. The minimum Gasteiger partial charge on any atom is -0.490 e. The maximum atomic E-state index is 6.64. The molecule has 1 aliphatic heterocycles. The monoisotopic (exact) mass is 512 g/mol. The van der Waals surface area contributed by atoms with Crippen LogP contribution in [0.3, 0.4) is 0 Å². The van der Waals surface area contributed by atoms with E-state index in [0.29, 0.717) is 13.2 Å². The van der Waals surface area contributed by atoms with Crippen LogP contribution >= 0.6 is 0 Å². The van der Waals surface area contributed by atoms with Crippen LogP contribution in [-0.4, -0.2) is 13.2 Å². The van der Waals surface area contributed by atoms with Gasteiger partial charge in [-0.05, 0) is 75.5 Å². The van der Waals surface area contributed by atoms with Crippen molar-refractivity contribution in [1.82, 2.24) is 0 Å². The minimum atomic E-state index is -0.0314. The van der Waals surface area contributed by atoms with Crippen molar-refractivity contribution in [2.75, 3.05) is 13.2 Å². The van der Waals surface area contributed by atoms with Crippen molar-refractivity contribution >= 4 is 21.5 Å². The Kier molecular flexibility index (Phi) is 6.81. The summed E-state index contributed by atoms with van der Waals surface area (Å²) in [6.45, 7) is 10.7. The molecule has 1 heterocycles. The van der Waals surface area contributed by atoms with E-state index in [1.54, 1.807) is 12.2 Å². The summed E-state index contributed by atoms with van der Waals surface area (Å²) in [5.74, 6) is 3.35. The number of fused-ring (bicyclic) bond motifs is 6. The van der Waals surface area contributed by atoms with Crippen LogP contribution in [0.15, 0.2) is 110 Å². The van der Waals surface area contributed by atoms with Gasteiger partial charge in [0.2, 0.25) is 0 Å². The van der Waals surface area contributed by atoms with Crippen molar-refractivity contribution in [2.24, 2.45) is 0 Å². The van der Waals surface area contributed by atoms with Gasteiger partial charge < -0.3 is 14.2 Å². The molecule has 1 aliphatic rings. The second-order valence-corrected chi connectivity index (χ2v) is 9.95. The molecule has 5 aromatic carbocycles. The van der Waals surface area contributed by atoms with E-state index in [1.807, 2.05) is 12.1 Å². The van der Waals surface area contributed by atoms with Gasteiger partial charge in [-0.1, -0.05) is 87.2 Å². The Hall–Kier alpha value is -4.50. The van der Waals surface area contributed by atoms with Crippen LogP contribution in [0.4, 0.5) is 0 Å². The first kappa shape index (κ1) is 24.8. The normalized spacial score (nSPS) is 12.4. The highest BCUT2D eigenvalue weighted by Gasteiger charge is 2.32. The van der Waals surface area contributed by atoms with Crippen LogP contribution in [0.25, 0.3) is 21.5 Å². The second-order valence-electron chi connectivity index (χ2n) is 9.95. The lowest BCUT2D eigenvalue weighted by atomic mass is 9.78. The van der Waals surface area contributed by atoms with E-state index in [-0.39, 0.29) is 5.92 Å². The van der Waals surface area contributed by atoms with Crippen LogP contribution in [-0.2, 0) is 6.42 Å². The SMILES string of the molecule is C=CCOc1ccc2ccc3c(c2c1)C(c1ccc(CCC)cc1)c1c(ccc2ccc(OCC=C)cc12)O3. The fourth-order valence-corrected chi connectivity index (χ4v) is 5.63. The third-order valence-corrected chi connectivity index (χ3v) is 7.37. The molecule has 0 bridgehead atoms. The molecule has 194 valence electrons. The molecule has 0 amide bonds. The Morgan fingerprint density at radius 1 is 0.692 bits per heavy atom. The number of hydrogen-bond donors (Lipinski definition) is 0. The molecule has 0 spiro atoms. The molecule has 0 aliphatic carbocycles. The first-order valence-electron chi connectivity index (χ1n) is 13.6. The molecular formula is C36H32O3. The van der Waals surface area contributed by atoms with Crippen LogP contribution < -0.4 is 14.2 Å². The molecule has 0 unspecified atom stereocenters. The average molecular weight is 513 g/mol. The molecule has 3 heteroatoms. The zero-order chi connectivity index (χ0) is 26.8. The fourth-order valence-electron chi connectivity index (χ4n) is 5.63. The van der Waals surface area contributed by atoms with Gasteiger partial charge in [-0.25, -0.2) is 0 Å². The topological polar surface area (TPSA) is 27.7 Å². The van der Waals surface area contributed by atoms with Gasteiger partial charge >= 0.3 is 0 Å². The lowest BCUT2D eigenvalue weighted by Gasteiger charge is -2.31. The number of aryl methyl sites for hydroxylation is 1. The third-order valence-electron chi connectivity index (χ3n) is 7.37. The molecule has 3 nitrogen and oxygen atoms in total. The minimum absolute atomic E-state index is 0.0314. The van der Waals surface area contributed by atoms with E-state index in [9.17, 15) is 0 Å². The van der Waals surface area contributed by atoms with E-state index < -0.39 is 0 Å². The summed E-state index contributed by atoms with van der Waals surface area (Å²) < 4.78 is 18.5. The summed E-state index contributed by atoms with van der Waals surface area (Å²) >= 11 is 0. The predicted octanol–water partition coefficient (Wildman–Crippen LogP) is 9.36. The van der Waals surface area contributed by atoms with Crippen molar-refractivity contribution in [3.8, 4) is 23.0 Å². The first-order valence-corrected chi connectivity index (χ1v) is 13.6. The predicted molar refractivity (Wildman–Crippen MR) is 161 cm³/mol. The molecule has 0 aromatic heterocycles. The Morgan fingerprint density at radius 3 is 1.69 bits per heavy atom. The molecule has 0 saturated carbocycles. The lowest BCUT2D eigenvalue weighted by Crippen LogP contribution is -2.13. The van der Waals surface area contributed by atoms with Crippen LogP contribution in [0, 0.1) is 0 Å². The standard InChI is InChI=1S/C36H32O3/c1-4-7-24-8-10-27(11-9-24)34-35-30-22-28(37-20-5-2)16-12-25(30)14-18-32(35)39-33-19-15-26-13-17-29(38-21-6-3)23-31(26)36(33)34/h5-6,8-19,22-23,34H,2-4,7,20-21H2,1H3. The summed E-state index contributed by atoms with van der Waals surface area (Å²) in [6.07, 6.45) is 5.73. The molecule has 0 radical (unpaired) electrons. The number of hydrogen-bond acceptors (Lipinski definition) is 3. The fraction of sp³-hybridized carbons (Fsp3) is 0.167. The summed E-state index contributed by atoms with van der Waals surface area (Å²) in [4.78, 5) is 0. The van der Waals surface area contributed by atoms with Gasteiger partial charge in [0.25, 0.3) is 0 Å². The smallest absolute Gasteiger partial charge is 0.132 e. The maximum Gasteiger partial charge on any atom is 0.132 e. The quantitative estimate of drug-likeness (QED) is 0.181. The summed E-state index contributed by atoms with van der Waals surface area (Å²) in [5.41, 5.74) is 4.88. The van der Waals surface area contributed by atoms with Gasteiger partial charge in [-0.3, -0.25) is 0 Å². The van der Waals surface area contributed by atoms with Gasteiger partial charge in [-0.2, -0.15) is 0 Å². The molecule has 0 saturated heterocycles. The van der Waals surface area contributed by atoms with Gasteiger partial charge in [0.1, 0.15) is 36.2 Å². The van der Waals surface area contributed by atoms with Crippen molar-refractivity contribution in [3.05, 3.63) is 132 Å². The van der Waals surface area contributed by atoms with Crippen molar-refractivity contribution in [2.45, 2.75) is 25.7 Å². The summed E-state index contributed by atoms with van der Waals surface area (Å²) in [7, 11) is 0. The summed E-state index contributed by atoms with van der Waals surface area (Å²) in [5, 5.41) is 4.54. The molecule has 0 N–H and O–H groups in total. The first-order chi connectivity index (χ1) is 19.2. The third kappa shape index (κ3) is 4.66. The van der Waals surface area contributed by atoms with Crippen molar-refractivity contribution in [1.29, 1.82) is 0 Å². The molecule has 39 heavy (non-hydrogen) atoms. The highest BCUT2D eigenvalue weighted by Crippen LogP contribution is 2.52. The molecule has 0 atom stereocenters. The zero-order valence-electron chi connectivity index (χ0n) is 22.3.